The molecule has 2 aromatic rings. The molecule has 0 heterocycles. The van der Waals surface area contributed by atoms with Crippen LogP contribution >= 0.6 is 0 Å². The summed E-state index contributed by atoms with van der Waals surface area (Å²) in [6.07, 6.45) is 0. The Hall–Kier alpha value is -2.84. The van der Waals surface area contributed by atoms with Gasteiger partial charge >= 0.3 is 5.97 Å². The number of benzene rings is 2. The third-order valence-electron chi connectivity index (χ3n) is 3.46. The maximum atomic E-state index is 11.4. The summed E-state index contributed by atoms with van der Waals surface area (Å²) >= 11 is 0. The Balaban J connectivity index is 2.02. The van der Waals surface area contributed by atoms with E-state index >= 15 is 0 Å². The van der Waals surface area contributed by atoms with E-state index in [2.05, 4.69) is 16.1 Å². The summed E-state index contributed by atoms with van der Waals surface area (Å²) in [6, 6.07) is 16.2. The topological polar surface area (TPSA) is 71.4 Å². The lowest BCUT2D eigenvalue weighted by Gasteiger charge is -2.12. The number of nitriles is 1. The molecular weight excluding hydrogens is 292 g/mol. The molecule has 23 heavy (non-hydrogen) atoms. The van der Waals surface area contributed by atoms with Crippen LogP contribution in [-0.2, 0) is 11.3 Å². The standard InChI is InChI=1S/C18H18N2O3/c1-22-16-9-3-13(4-10-16)12-20-17(11-19)14-5-7-15(8-6-14)18(21)23-2/h3-10,17,20H,12H2,1-2H3. The van der Waals surface area contributed by atoms with Crippen LogP contribution < -0.4 is 10.1 Å². The van der Waals surface area contributed by atoms with E-state index in [1.807, 2.05) is 24.3 Å². The van der Waals surface area contributed by atoms with Gasteiger partial charge in [-0.15, -0.1) is 0 Å². The van der Waals surface area contributed by atoms with Crippen molar-refractivity contribution in [2.45, 2.75) is 12.6 Å². The predicted octanol–water partition coefficient (Wildman–Crippen LogP) is 2.84. The minimum Gasteiger partial charge on any atom is -0.497 e. The van der Waals surface area contributed by atoms with Gasteiger partial charge in [0, 0.05) is 6.54 Å². The molecule has 5 nitrogen and oxygen atoms in total. The Bertz CT molecular complexity index is 688. The van der Waals surface area contributed by atoms with Crippen molar-refractivity contribution in [3.8, 4) is 11.8 Å². The minimum atomic E-state index is -0.455. The van der Waals surface area contributed by atoms with Crippen LogP contribution in [0, 0.1) is 11.3 Å². The molecule has 0 bridgehead atoms. The summed E-state index contributed by atoms with van der Waals surface area (Å²) < 4.78 is 9.77. The maximum Gasteiger partial charge on any atom is 0.337 e. The molecular formula is C18H18N2O3. The number of carbonyl (C=O) groups is 1. The van der Waals surface area contributed by atoms with Gasteiger partial charge in [-0.25, -0.2) is 4.79 Å². The third-order valence-corrected chi connectivity index (χ3v) is 3.46. The first-order valence-corrected chi connectivity index (χ1v) is 7.12. The Morgan fingerprint density at radius 2 is 1.78 bits per heavy atom. The second-order valence-electron chi connectivity index (χ2n) is 4.90. The van der Waals surface area contributed by atoms with E-state index in [1.54, 1.807) is 31.4 Å². The summed E-state index contributed by atoms with van der Waals surface area (Å²) in [4.78, 5) is 11.4. The van der Waals surface area contributed by atoms with Crippen molar-refractivity contribution in [1.29, 1.82) is 5.26 Å². The van der Waals surface area contributed by atoms with E-state index in [9.17, 15) is 10.1 Å². The first kappa shape index (κ1) is 16.5. The van der Waals surface area contributed by atoms with Crippen LogP contribution in [0.4, 0.5) is 0 Å². The number of esters is 1. The van der Waals surface area contributed by atoms with E-state index in [-0.39, 0.29) is 0 Å². The normalized spacial score (nSPS) is 11.3. The van der Waals surface area contributed by atoms with Crippen molar-refractivity contribution < 1.29 is 14.3 Å². The van der Waals surface area contributed by atoms with E-state index in [4.69, 9.17) is 4.74 Å². The first-order valence-electron chi connectivity index (χ1n) is 7.12. The third kappa shape index (κ3) is 4.31. The molecule has 0 fully saturated rings. The van der Waals surface area contributed by atoms with Gasteiger partial charge in [-0.1, -0.05) is 24.3 Å². The second-order valence-corrected chi connectivity index (χ2v) is 4.90. The molecule has 0 aliphatic heterocycles. The zero-order valence-corrected chi connectivity index (χ0v) is 13.1. The molecule has 118 valence electrons. The highest BCUT2D eigenvalue weighted by Gasteiger charge is 2.11. The Morgan fingerprint density at radius 1 is 1.13 bits per heavy atom. The van der Waals surface area contributed by atoms with Crippen molar-refractivity contribution in [3.63, 3.8) is 0 Å². The molecule has 0 radical (unpaired) electrons. The van der Waals surface area contributed by atoms with Crippen LogP contribution in [-0.4, -0.2) is 20.2 Å². The number of carbonyl (C=O) groups excluding carboxylic acids is 1. The minimum absolute atomic E-state index is 0.392. The summed E-state index contributed by atoms with van der Waals surface area (Å²) in [5.74, 6) is 0.403. The van der Waals surface area contributed by atoms with Crippen molar-refractivity contribution >= 4 is 5.97 Å². The van der Waals surface area contributed by atoms with Gasteiger partial charge in [0.05, 0.1) is 25.9 Å². The zero-order chi connectivity index (χ0) is 16.7. The highest BCUT2D eigenvalue weighted by Crippen LogP contribution is 2.16. The summed E-state index contributed by atoms with van der Waals surface area (Å²) in [6.45, 7) is 0.557. The SMILES string of the molecule is COC(=O)c1ccc(C(C#N)NCc2ccc(OC)cc2)cc1. The molecule has 0 aromatic heterocycles. The van der Waals surface area contributed by atoms with Gasteiger partial charge in [0.1, 0.15) is 11.8 Å². The highest BCUT2D eigenvalue weighted by atomic mass is 16.5. The molecule has 2 rings (SSSR count). The van der Waals surface area contributed by atoms with Crippen molar-refractivity contribution in [2.24, 2.45) is 0 Å². The van der Waals surface area contributed by atoms with Gasteiger partial charge in [-0.05, 0) is 35.4 Å². The van der Waals surface area contributed by atoms with E-state index < -0.39 is 12.0 Å². The maximum absolute atomic E-state index is 11.4. The largest absolute Gasteiger partial charge is 0.497 e. The van der Waals surface area contributed by atoms with Crippen molar-refractivity contribution in [1.82, 2.24) is 5.32 Å². The molecule has 1 unspecified atom stereocenters. The molecule has 5 heteroatoms. The Labute approximate surface area is 135 Å². The molecule has 0 saturated heterocycles. The van der Waals surface area contributed by atoms with Crippen LogP contribution in [0.2, 0.25) is 0 Å². The second kappa shape index (κ2) is 7.97. The number of methoxy groups -OCH3 is 2. The summed E-state index contributed by atoms with van der Waals surface area (Å²) in [5, 5.41) is 12.5. The summed E-state index contributed by atoms with van der Waals surface area (Å²) in [5.41, 5.74) is 2.31. The number of ether oxygens (including phenoxy) is 2. The molecule has 1 atom stereocenters. The number of nitrogens with zero attached hydrogens (tertiary/aromatic N) is 1. The average Bonchev–Trinajstić information content (AvgIpc) is 2.62. The van der Waals surface area contributed by atoms with Gasteiger partial charge in [0.15, 0.2) is 0 Å². The van der Waals surface area contributed by atoms with Gasteiger partial charge in [0.2, 0.25) is 0 Å². The Morgan fingerprint density at radius 3 is 2.30 bits per heavy atom. The first-order chi connectivity index (χ1) is 11.2. The van der Waals surface area contributed by atoms with Crippen LogP contribution in [0.25, 0.3) is 0 Å². The van der Waals surface area contributed by atoms with Crippen LogP contribution in [0.3, 0.4) is 0 Å². The molecule has 0 aliphatic rings. The van der Waals surface area contributed by atoms with Gasteiger partial charge in [-0.3, -0.25) is 5.32 Å². The summed E-state index contributed by atoms with van der Waals surface area (Å²) in [7, 11) is 2.96. The quantitative estimate of drug-likeness (QED) is 0.831. The van der Waals surface area contributed by atoms with Crippen LogP contribution in [0.15, 0.2) is 48.5 Å². The average molecular weight is 310 g/mol. The smallest absolute Gasteiger partial charge is 0.337 e. The lowest BCUT2D eigenvalue weighted by atomic mass is 10.1. The van der Waals surface area contributed by atoms with Gasteiger partial charge in [-0.2, -0.15) is 5.26 Å². The molecule has 0 amide bonds. The van der Waals surface area contributed by atoms with Crippen LogP contribution in [0.1, 0.15) is 27.5 Å². The lowest BCUT2D eigenvalue weighted by molar-refractivity contribution is 0.0600. The van der Waals surface area contributed by atoms with Crippen molar-refractivity contribution in [3.05, 3.63) is 65.2 Å². The fourth-order valence-corrected chi connectivity index (χ4v) is 2.13. The van der Waals surface area contributed by atoms with E-state index in [0.29, 0.717) is 12.1 Å². The molecule has 0 spiro atoms. The monoisotopic (exact) mass is 310 g/mol. The molecule has 2 aromatic carbocycles. The van der Waals surface area contributed by atoms with Crippen molar-refractivity contribution in [2.75, 3.05) is 14.2 Å². The van der Waals surface area contributed by atoms with Gasteiger partial charge in [0.25, 0.3) is 0 Å². The molecule has 0 saturated carbocycles. The number of nitrogens with one attached hydrogen (secondary N) is 1. The van der Waals surface area contributed by atoms with E-state index in [0.717, 1.165) is 16.9 Å². The lowest BCUT2D eigenvalue weighted by Crippen LogP contribution is -2.19. The highest BCUT2D eigenvalue weighted by molar-refractivity contribution is 5.89. The fraction of sp³-hybridized carbons (Fsp3) is 0.222. The number of rotatable bonds is 6. The van der Waals surface area contributed by atoms with Gasteiger partial charge < -0.3 is 9.47 Å². The predicted molar refractivity (Wildman–Crippen MR) is 86.0 cm³/mol. The van der Waals surface area contributed by atoms with Crippen LogP contribution in [0.5, 0.6) is 5.75 Å². The van der Waals surface area contributed by atoms with E-state index in [1.165, 1.54) is 7.11 Å². The molecule has 0 aliphatic carbocycles. The Kier molecular flexibility index (Phi) is 5.73. The fourth-order valence-electron chi connectivity index (χ4n) is 2.13. The number of hydrogen-bond acceptors (Lipinski definition) is 5. The number of hydrogen-bond donors (Lipinski definition) is 1. The zero-order valence-electron chi connectivity index (χ0n) is 13.1. The molecule has 1 N–H and O–H groups in total.